The molecule has 2 aromatic heterocycles. The SMILES string of the molecule is CCOC(=O)C(C)Sc1ncnc2c1cnn2-c1ccc(F)cc1. The molecule has 0 aliphatic carbocycles. The van der Waals surface area contributed by atoms with Gasteiger partial charge in [0.15, 0.2) is 5.65 Å². The second-order valence-corrected chi connectivity index (χ2v) is 6.29. The van der Waals surface area contributed by atoms with Crippen LogP contribution < -0.4 is 0 Å². The van der Waals surface area contributed by atoms with E-state index in [2.05, 4.69) is 15.1 Å². The van der Waals surface area contributed by atoms with E-state index in [1.54, 1.807) is 36.9 Å². The fourth-order valence-electron chi connectivity index (χ4n) is 2.16. The largest absolute Gasteiger partial charge is 0.465 e. The van der Waals surface area contributed by atoms with Crippen LogP contribution in [0, 0.1) is 5.82 Å². The summed E-state index contributed by atoms with van der Waals surface area (Å²) in [4.78, 5) is 20.3. The minimum absolute atomic E-state index is 0.291. The quantitative estimate of drug-likeness (QED) is 0.402. The average Bonchev–Trinajstić information content (AvgIpc) is 3.01. The fraction of sp³-hybridized carbons (Fsp3) is 0.250. The van der Waals surface area contributed by atoms with Crippen LogP contribution in [-0.2, 0) is 9.53 Å². The van der Waals surface area contributed by atoms with Crippen LogP contribution in [-0.4, -0.2) is 37.6 Å². The Morgan fingerprint density at radius 1 is 1.33 bits per heavy atom. The van der Waals surface area contributed by atoms with Gasteiger partial charge < -0.3 is 4.74 Å². The number of fused-ring (bicyclic) bond motifs is 1. The number of halogens is 1. The molecule has 0 saturated heterocycles. The summed E-state index contributed by atoms with van der Waals surface area (Å²) in [5, 5.41) is 5.29. The van der Waals surface area contributed by atoms with Gasteiger partial charge in [0.25, 0.3) is 0 Å². The number of esters is 1. The number of rotatable bonds is 5. The molecule has 0 spiro atoms. The Morgan fingerprint density at radius 2 is 2.08 bits per heavy atom. The van der Waals surface area contributed by atoms with Gasteiger partial charge in [0, 0.05) is 0 Å². The van der Waals surface area contributed by atoms with E-state index in [4.69, 9.17) is 4.74 Å². The van der Waals surface area contributed by atoms with E-state index in [0.717, 1.165) is 5.39 Å². The standard InChI is InChI=1S/C16H15FN4O2S/c1-3-23-16(22)10(2)24-15-13-8-20-21(14(13)18-9-19-15)12-6-4-11(17)5-7-12/h4-10H,3H2,1-2H3. The van der Waals surface area contributed by atoms with Crippen molar-refractivity contribution in [3.63, 3.8) is 0 Å². The van der Waals surface area contributed by atoms with Gasteiger partial charge in [0.05, 0.1) is 23.9 Å². The summed E-state index contributed by atoms with van der Waals surface area (Å²) in [6.45, 7) is 3.87. The molecule has 6 nitrogen and oxygen atoms in total. The van der Waals surface area contributed by atoms with Crippen molar-refractivity contribution in [3.05, 3.63) is 42.6 Å². The summed E-state index contributed by atoms with van der Waals surface area (Å²) in [5.74, 6) is -0.607. The highest BCUT2D eigenvalue weighted by Gasteiger charge is 2.19. The zero-order valence-electron chi connectivity index (χ0n) is 13.1. The van der Waals surface area contributed by atoms with Gasteiger partial charge in [-0.1, -0.05) is 11.8 Å². The first-order valence-electron chi connectivity index (χ1n) is 7.38. The van der Waals surface area contributed by atoms with Crippen LogP contribution in [0.5, 0.6) is 0 Å². The van der Waals surface area contributed by atoms with Gasteiger partial charge in [0.1, 0.15) is 22.4 Å². The molecule has 0 saturated carbocycles. The van der Waals surface area contributed by atoms with Crippen molar-refractivity contribution >= 4 is 28.8 Å². The smallest absolute Gasteiger partial charge is 0.319 e. The second-order valence-electron chi connectivity index (χ2n) is 4.96. The number of carbonyl (C=O) groups excluding carboxylic acids is 1. The van der Waals surface area contributed by atoms with E-state index in [-0.39, 0.29) is 11.8 Å². The van der Waals surface area contributed by atoms with Gasteiger partial charge >= 0.3 is 5.97 Å². The van der Waals surface area contributed by atoms with Crippen LogP contribution in [0.2, 0.25) is 0 Å². The molecule has 1 aromatic carbocycles. The number of hydrogen-bond acceptors (Lipinski definition) is 6. The highest BCUT2D eigenvalue weighted by molar-refractivity contribution is 8.00. The van der Waals surface area contributed by atoms with Crippen molar-refractivity contribution in [2.45, 2.75) is 24.1 Å². The Balaban J connectivity index is 1.94. The fourth-order valence-corrected chi connectivity index (χ4v) is 3.04. The summed E-state index contributed by atoms with van der Waals surface area (Å²) >= 11 is 1.29. The summed E-state index contributed by atoms with van der Waals surface area (Å²) < 4.78 is 19.7. The van der Waals surface area contributed by atoms with Crippen molar-refractivity contribution < 1.29 is 13.9 Å². The first-order chi connectivity index (χ1) is 11.6. The molecule has 0 fully saturated rings. The summed E-state index contributed by atoms with van der Waals surface area (Å²) in [6.07, 6.45) is 3.06. The molecule has 0 bridgehead atoms. The molecule has 8 heteroatoms. The van der Waals surface area contributed by atoms with Crippen molar-refractivity contribution in [3.8, 4) is 5.69 Å². The lowest BCUT2D eigenvalue weighted by Crippen LogP contribution is -2.16. The number of carbonyl (C=O) groups is 1. The molecule has 3 rings (SSSR count). The second kappa shape index (κ2) is 6.96. The van der Waals surface area contributed by atoms with Gasteiger partial charge in [-0.25, -0.2) is 19.0 Å². The molecule has 124 valence electrons. The Morgan fingerprint density at radius 3 is 2.79 bits per heavy atom. The molecule has 1 unspecified atom stereocenters. The molecule has 3 aromatic rings. The van der Waals surface area contributed by atoms with E-state index in [9.17, 15) is 9.18 Å². The van der Waals surface area contributed by atoms with Crippen LogP contribution in [0.15, 0.2) is 41.8 Å². The third-order valence-electron chi connectivity index (χ3n) is 3.31. The van der Waals surface area contributed by atoms with Crippen molar-refractivity contribution in [2.75, 3.05) is 6.61 Å². The number of thioether (sulfide) groups is 1. The normalized spacial score (nSPS) is 12.3. The predicted molar refractivity (Wildman–Crippen MR) is 88.6 cm³/mol. The first-order valence-corrected chi connectivity index (χ1v) is 8.26. The lowest BCUT2D eigenvalue weighted by Gasteiger charge is -2.09. The van der Waals surface area contributed by atoms with Crippen molar-refractivity contribution in [1.82, 2.24) is 19.7 Å². The topological polar surface area (TPSA) is 69.9 Å². The molecule has 0 N–H and O–H groups in total. The molecule has 0 radical (unpaired) electrons. The van der Waals surface area contributed by atoms with E-state index < -0.39 is 5.25 Å². The maximum atomic E-state index is 13.1. The van der Waals surface area contributed by atoms with Crippen LogP contribution in [0.4, 0.5) is 4.39 Å². The number of aromatic nitrogens is 4. The molecular formula is C16H15FN4O2S. The third kappa shape index (κ3) is 3.23. The summed E-state index contributed by atoms with van der Waals surface area (Å²) in [6, 6.07) is 5.97. The van der Waals surface area contributed by atoms with E-state index in [1.807, 2.05) is 0 Å². The van der Waals surface area contributed by atoms with Crippen LogP contribution in [0.25, 0.3) is 16.7 Å². The molecule has 24 heavy (non-hydrogen) atoms. The molecule has 0 aliphatic rings. The van der Waals surface area contributed by atoms with Crippen LogP contribution >= 0.6 is 11.8 Å². The zero-order chi connectivity index (χ0) is 17.1. The summed E-state index contributed by atoms with van der Waals surface area (Å²) in [5.41, 5.74) is 1.29. The zero-order valence-corrected chi connectivity index (χ0v) is 14.0. The van der Waals surface area contributed by atoms with Crippen molar-refractivity contribution in [2.24, 2.45) is 0 Å². The Bertz CT molecular complexity index is 866. The number of hydrogen-bond donors (Lipinski definition) is 0. The predicted octanol–water partition coefficient (Wildman–Crippen LogP) is 3.00. The number of benzene rings is 1. The van der Waals surface area contributed by atoms with Crippen LogP contribution in [0.1, 0.15) is 13.8 Å². The minimum Gasteiger partial charge on any atom is -0.465 e. The van der Waals surface area contributed by atoms with E-state index >= 15 is 0 Å². The lowest BCUT2D eigenvalue weighted by molar-refractivity contribution is -0.142. The highest BCUT2D eigenvalue weighted by Crippen LogP contribution is 2.29. The summed E-state index contributed by atoms with van der Waals surface area (Å²) in [7, 11) is 0. The van der Waals surface area contributed by atoms with Gasteiger partial charge in [-0.15, -0.1) is 0 Å². The van der Waals surface area contributed by atoms with Gasteiger partial charge in [-0.2, -0.15) is 5.10 Å². The third-order valence-corrected chi connectivity index (χ3v) is 4.40. The Labute approximate surface area is 142 Å². The van der Waals surface area contributed by atoms with Crippen molar-refractivity contribution in [1.29, 1.82) is 0 Å². The molecule has 1 atom stereocenters. The maximum absolute atomic E-state index is 13.1. The lowest BCUT2D eigenvalue weighted by atomic mass is 10.3. The average molecular weight is 346 g/mol. The van der Waals surface area contributed by atoms with Gasteiger partial charge in [-0.3, -0.25) is 4.79 Å². The van der Waals surface area contributed by atoms with E-state index in [1.165, 1.54) is 30.2 Å². The Kier molecular flexibility index (Phi) is 4.75. The highest BCUT2D eigenvalue weighted by atomic mass is 32.2. The number of nitrogens with zero attached hydrogens (tertiary/aromatic N) is 4. The first kappa shape index (κ1) is 16.4. The minimum atomic E-state index is -0.391. The molecule has 0 aliphatic heterocycles. The van der Waals surface area contributed by atoms with Gasteiger partial charge in [-0.05, 0) is 38.1 Å². The Hall–Kier alpha value is -2.48. The van der Waals surface area contributed by atoms with Crippen LogP contribution in [0.3, 0.4) is 0 Å². The monoisotopic (exact) mass is 346 g/mol. The maximum Gasteiger partial charge on any atom is 0.319 e. The van der Waals surface area contributed by atoms with E-state index in [0.29, 0.717) is 23.0 Å². The number of ether oxygens (including phenoxy) is 1. The van der Waals surface area contributed by atoms with Gasteiger partial charge in [0.2, 0.25) is 0 Å². The molecule has 0 amide bonds. The molecule has 2 heterocycles. The molecular weight excluding hydrogens is 331 g/mol.